The maximum Gasteiger partial charge on any atom is 0.180 e. The molecule has 8 heteroatoms. The molecule has 0 unspecified atom stereocenters. The molecule has 0 radical (unpaired) electrons. The quantitative estimate of drug-likeness (QED) is 0.393. The predicted octanol–water partition coefficient (Wildman–Crippen LogP) is 4.82. The molecule has 0 bridgehead atoms. The van der Waals surface area contributed by atoms with Crippen LogP contribution in [0.25, 0.3) is 27.8 Å². The standard InChI is InChI=1S/C25H24N6O2/c1-2-19-14-27-30-22(19)13-18(1)23-15-31-10-9-26-25(31)24(29-23)28-20-3-5-21(6-4-20)33-16-17-7-11-32-12-8-17/h1-6,9-10,13-15,17H,7-8,11-12,16H2,(H,27,30)(H,28,29). The van der Waals surface area contributed by atoms with Crippen molar-refractivity contribution in [1.29, 1.82) is 0 Å². The highest BCUT2D eigenvalue weighted by Gasteiger charge is 2.15. The molecule has 4 heterocycles. The van der Waals surface area contributed by atoms with E-state index < -0.39 is 0 Å². The number of imidazole rings is 1. The summed E-state index contributed by atoms with van der Waals surface area (Å²) in [6.45, 7) is 2.40. The van der Waals surface area contributed by atoms with Crippen LogP contribution >= 0.6 is 0 Å². The molecular formula is C25H24N6O2. The summed E-state index contributed by atoms with van der Waals surface area (Å²) in [7, 11) is 0. The van der Waals surface area contributed by atoms with Crippen LogP contribution in [0.4, 0.5) is 11.5 Å². The lowest BCUT2D eigenvalue weighted by Gasteiger charge is -2.22. The molecule has 0 saturated carbocycles. The van der Waals surface area contributed by atoms with Crippen molar-refractivity contribution in [3.8, 4) is 17.0 Å². The molecule has 0 aliphatic carbocycles. The summed E-state index contributed by atoms with van der Waals surface area (Å²) in [5.41, 5.74) is 4.51. The molecule has 1 saturated heterocycles. The molecule has 2 N–H and O–H groups in total. The highest BCUT2D eigenvalue weighted by Crippen LogP contribution is 2.27. The number of rotatable bonds is 6. The zero-order valence-corrected chi connectivity index (χ0v) is 18.1. The van der Waals surface area contributed by atoms with Gasteiger partial charge >= 0.3 is 0 Å². The molecule has 0 spiro atoms. The molecule has 6 rings (SSSR count). The minimum atomic E-state index is 0.568. The van der Waals surface area contributed by atoms with Gasteiger partial charge < -0.3 is 19.2 Å². The SMILES string of the molecule is c1cn2cc(-c3ccc4cn[nH]c4c3)nc(Nc3ccc(OCC4CCOCC4)cc3)c2n1. The van der Waals surface area contributed by atoms with E-state index in [4.69, 9.17) is 14.5 Å². The number of aromatic amines is 1. The van der Waals surface area contributed by atoms with Crippen LogP contribution in [0, 0.1) is 5.92 Å². The van der Waals surface area contributed by atoms with Crippen LogP contribution < -0.4 is 10.1 Å². The van der Waals surface area contributed by atoms with E-state index >= 15 is 0 Å². The molecule has 166 valence electrons. The van der Waals surface area contributed by atoms with Crippen molar-refractivity contribution in [1.82, 2.24) is 24.6 Å². The third-order valence-corrected chi connectivity index (χ3v) is 6.06. The lowest BCUT2D eigenvalue weighted by Crippen LogP contribution is -2.21. The monoisotopic (exact) mass is 440 g/mol. The number of hydrogen-bond acceptors (Lipinski definition) is 6. The number of ether oxygens (including phenoxy) is 2. The maximum absolute atomic E-state index is 5.99. The van der Waals surface area contributed by atoms with Crippen molar-refractivity contribution < 1.29 is 9.47 Å². The Hall–Kier alpha value is -3.91. The van der Waals surface area contributed by atoms with Gasteiger partial charge in [0, 0.05) is 48.4 Å². The number of H-pyrrole nitrogens is 1. The van der Waals surface area contributed by atoms with Crippen LogP contribution in [-0.4, -0.2) is 44.4 Å². The van der Waals surface area contributed by atoms with E-state index in [1.165, 1.54) is 0 Å². The molecule has 5 aromatic rings. The van der Waals surface area contributed by atoms with Crippen LogP contribution in [0.5, 0.6) is 5.75 Å². The maximum atomic E-state index is 5.99. The van der Waals surface area contributed by atoms with Gasteiger partial charge in [0.25, 0.3) is 0 Å². The first kappa shape index (κ1) is 19.8. The van der Waals surface area contributed by atoms with Gasteiger partial charge in [0.1, 0.15) is 5.75 Å². The smallest absolute Gasteiger partial charge is 0.180 e. The number of benzene rings is 2. The number of nitrogens with one attached hydrogen (secondary N) is 2. The first-order chi connectivity index (χ1) is 16.3. The van der Waals surface area contributed by atoms with Crippen molar-refractivity contribution in [2.24, 2.45) is 5.92 Å². The van der Waals surface area contributed by atoms with Crippen LogP contribution in [0.1, 0.15) is 12.8 Å². The molecule has 1 fully saturated rings. The highest BCUT2D eigenvalue weighted by molar-refractivity contribution is 5.84. The molecule has 33 heavy (non-hydrogen) atoms. The first-order valence-electron chi connectivity index (χ1n) is 11.2. The van der Waals surface area contributed by atoms with E-state index in [1.54, 1.807) is 6.20 Å². The van der Waals surface area contributed by atoms with Crippen LogP contribution in [-0.2, 0) is 4.74 Å². The van der Waals surface area contributed by atoms with E-state index in [9.17, 15) is 0 Å². The third kappa shape index (κ3) is 4.12. The summed E-state index contributed by atoms with van der Waals surface area (Å²) in [5, 5.41) is 11.6. The largest absolute Gasteiger partial charge is 0.493 e. The van der Waals surface area contributed by atoms with Crippen molar-refractivity contribution in [2.75, 3.05) is 25.1 Å². The zero-order chi connectivity index (χ0) is 22.0. The van der Waals surface area contributed by atoms with Gasteiger partial charge in [0.05, 0.1) is 24.0 Å². The van der Waals surface area contributed by atoms with E-state index in [0.29, 0.717) is 11.7 Å². The Morgan fingerprint density at radius 3 is 2.88 bits per heavy atom. The Labute approximate surface area is 190 Å². The topological polar surface area (TPSA) is 89.4 Å². The zero-order valence-electron chi connectivity index (χ0n) is 18.1. The van der Waals surface area contributed by atoms with Crippen molar-refractivity contribution in [3.63, 3.8) is 0 Å². The fraction of sp³-hybridized carbons (Fsp3) is 0.240. The number of fused-ring (bicyclic) bond motifs is 2. The second kappa shape index (κ2) is 8.55. The number of aromatic nitrogens is 5. The second-order valence-electron chi connectivity index (χ2n) is 8.32. The molecule has 2 aromatic carbocycles. The molecule has 3 aromatic heterocycles. The summed E-state index contributed by atoms with van der Waals surface area (Å²) < 4.78 is 13.4. The van der Waals surface area contributed by atoms with Crippen molar-refractivity contribution in [2.45, 2.75) is 12.8 Å². The van der Waals surface area contributed by atoms with Gasteiger partial charge in [-0.2, -0.15) is 5.10 Å². The number of anilines is 2. The Balaban J connectivity index is 1.23. The molecular weight excluding hydrogens is 416 g/mol. The molecule has 1 aliphatic rings. The summed E-state index contributed by atoms with van der Waals surface area (Å²) in [4.78, 5) is 9.35. The fourth-order valence-electron chi connectivity index (χ4n) is 4.15. The minimum absolute atomic E-state index is 0.568. The lowest BCUT2D eigenvalue weighted by molar-refractivity contribution is 0.0497. The van der Waals surface area contributed by atoms with E-state index in [0.717, 1.165) is 71.9 Å². The third-order valence-electron chi connectivity index (χ3n) is 6.06. The van der Waals surface area contributed by atoms with Gasteiger partial charge in [-0.05, 0) is 49.1 Å². The predicted molar refractivity (Wildman–Crippen MR) is 127 cm³/mol. The summed E-state index contributed by atoms with van der Waals surface area (Å²) in [6.07, 6.45) is 9.63. The molecule has 0 amide bonds. The highest BCUT2D eigenvalue weighted by atomic mass is 16.5. The van der Waals surface area contributed by atoms with E-state index in [2.05, 4.69) is 32.6 Å². The molecule has 0 atom stereocenters. The average molecular weight is 441 g/mol. The van der Waals surface area contributed by atoms with Gasteiger partial charge in [-0.15, -0.1) is 0 Å². The Kier molecular flexibility index (Phi) is 5.12. The van der Waals surface area contributed by atoms with Gasteiger partial charge in [-0.3, -0.25) is 5.10 Å². The van der Waals surface area contributed by atoms with E-state index in [-0.39, 0.29) is 0 Å². The normalized spacial score (nSPS) is 14.7. The molecule has 8 nitrogen and oxygen atoms in total. The second-order valence-corrected chi connectivity index (χ2v) is 8.32. The van der Waals surface area contributed by atoms with Crippen LogP contribution in [0.2, 0.25) is 0 Å². The van der Waals surface area contributed by atoms with Crippen LogP contribution in [0.15, 0.2) is 67.3 Å². The summed E-state index contributed by atoms with van der Waals surface area (Å²) in [5.74, 6) is 2.13. The first-order valence-corrected chi connectivity index (χ1v) is 11.2. The van der Waals surface area contributed by atoms with E-state index in [1.807, 2.05) is 53.3 Å². The van der Waals surface area contributed by atoms with Crippen LogP contribution in [0.3, 0.4) is 0 Å². The van der Waals surface area contributed by atoms with Crippen molar-refractivity contribution in [3.05, 3.63) is 67.3 Å². The average Bonchev–Trinajstić information content (AvgIpc) is 3.53. The fourth-order valence-corrected chi connectivity index (χ4v) is 4.15. The van der Waals surface area contributed by atoms with Gasteiger partial charge in [0.15, 0.2) is 11.5 Å². The van der Waals surface area contributed by atoms with Gasteiger partial charge in [-0.25, -0.2) is 9.97 Å². The lowest BCUT2D eigenvalue weighted by atomic mass is 10.0. The van der Waals surface area contributed by atoms with Crippen molar-refractivity contribution >= 4 is 28.1 Å². The minimum Gasteiger partial charge on any atom is -0.493 e. The summed E-state index contributed by atoms with van der Waals surface area (Å²) in [6, 6.07) is 14.1. The molecule has 1 aliphatic heterocycles. The van der Waals surface area contributed by atoms with Gasteiger partial charge in [-0.1, -0.05) is 12.1 Å². The Morgan fingerprint density at radius 1 is 1.12 bits per heavy atom. The number of nitrogens with zero attached hydrogens (tertiary/aromatic N) is 4. The summed E-state index contributed by atoms with van der Waals surface area (Å²) >= 11 is 0. The number of hydrogen-bond donors (Lipinski definition) is 2. The van der Waals surface area contributed by atoms with Gasteiger partial charge in [0.2, 0.25) is 0 Å². The Bertz CT molecular complexity index is 1390. The Morgan fingerprint density at radius 2 is 2.00 bits per heavy atom.